The maximum Gasteiger partial charge on any atom is 0.573 e. The zero-order valence-corrected chi connectivity index (χ0v) is 18.5. The predicted octanol–water partition coefficient (Wildman–Crippen LogP) is 2.39. The molecule has 12 heteroatoms. The van der Waals surface area contributed by atoms with Crippen molar-refractivity contribution in [2.24, 2.45) is 0 Å². The average molecular weight is 481 g/mol. The van der Waals surface area contributed by atoms with Crippen LogP contribution in [0.1, 0.15) is 26.2 Å². The molecular weight excluding hydrogens is 453 g/mol. The standard InChI is InChI=1S/C20H27F3N2O6S/c1-15(30-14-17-4-2-3-13-29-17)19(26)24-9-11-25(12-10-24)32(27,28)18-7-5-16(6-8-18)31-20(21,22)23/h5-8,15,17H,2-4,9-14H2,1H3. The van der Waals surface area contributed by atoms with E-state index in [1.807, 2.05) is 0 Å². The molecule has 2 saturated heterocycles. The van der Waals surface area contributed by atoms with Crippen molar-refractivity contribution >= 4 is 15.9 Å². The van der Waals surface area contributed by atoms with E-state index in [9.17, 15) is 26.4 Å². The van der Waals surface area contributed by atoms with Gasteiger partial charge in [0.1, 0.15) is 11.9 Å². The van der Waals surface area contributed by atoms with E-state index in [0.29, 0.717) is 13.2 Å². The third kappa shape index (κ3) is 6.56. The molecule has 1 aromatic rings. The normalized spacial score (nSPS) is 21.9. The number of rotatable bonds is 7. The molecule has 180 valence electrons. The summed E-state index contributed by atoms with van der Waals surface area (Å²) in [5, 5.41) is 0. The quantitative estimate of drug-likeness (QED) is 0.596. The third-order valence-electron chi connectivity index (χ3n) is 5.40. The summed E-state index contributed by atoms with van der Waals surface area (Å²) in [7, 11) is -3.91. The topological polar surface area (TPSA) is 85.4 Å². The minimum absolute atomic E-state index is 0.00564. The minimum atomic E-state index is -4.85. The van der Waals surface area contributed by atoms with Crippen LogP contribution in [0.25, 0.3) is 0 Å². The summed E-state index contributed by atoms with van der Waals surface area (Å²) >= 11 is 0. The maximum atomic E-state index is 12.8. The van der Waals surface area contributed by atoms with Crippen molar-refractivity contribution in [3.05, 3.63) is 24.3 Å². The number of sulfonamides is 1. The first-order valence-electron chi connectivity index (χ1n) is 10.4. The molecule has 32 heavy (non-hydrogen) atoms. The van der Waals surface area contributed by atoms with Crippen LogP contribution in [0.2, 0.25) is 0 Å². The van der Waals surface area contributed by atoms with Crippen LogP contribution < -0.4 is 4.74 Å². The van der Waals surface area contributed by atoms with E-state index in [-0.39, 0.29) is 43.1 Å². The zero-order chi connectivity index (χ0) is 23.4. The summed E-state index contributed by atoms with van der Waals surface area (Å²) in [4.78, 5) is 14.0. The van der Waals surface area contributed by atoms with Crippen molar-refractivity contribution in [1.29, 1.82) is 0 Å². The van der Waals surface area contributed by atoms with Crippen LogP contribution in [-0.4, -0.2) is 81.5 Å². The smallest absolute Gasteiger partial charge is 0.406 e. The lowest BCUT2D eigenvalue weighted by Crippen LogP contribution is -2.52. The van der Waals surface area contributed by atoms with Gasteiger partial charge < -0.3 is 19.1 Å². The van der Waals surface area contributed by atoms with Crippen LogP contribution >= 0.6 is 0 Å². The van der Waals surface area contributed by atoms with Gasteiger partial charge in [-0.2, -0.15) is 4.31 Å². The van der Waals surface area contributed by atoms with Crippen molar-refractivity contribution in [2.45, 2.75) is 49.7 Å². The Kier molecular flexibility index (Phi) is 8.01. The predicted molar refractivity (Wildman–Crippen MR) is 107 cm³/mol. The van der Waals surface area contributed by atoms with Crippen molar-refractivity contribution in [1.82, 2.24) is 9.21 Å². The molecule has 0 spiro atoms. The molecule has 2 aliphatic rings. The lowest BCUT2D eigenvalue weighted by molar-refractivity contribution is -0.274. The second-order valence-electron chi connectivity index (χ2n) is 7.71. The molecule has 0 bridgehead atoms. The largest absolute Gasteiger partial charge is 0.573 e. The van der Waals surface area contributed by atoms with E-state index >= 15 is 0 Å². The van der Waals surface area contributed by atoms with E-state index in [1.165, 1.54) is 4.31 Å². The molecule has 1 aromatic carbocycles. The Labute approximate surface area is 185 Å². The fourth-order valence-electron chi connectivity index (χ4n) is 3.63. The maximum absolute atomic E-state index is 12.8. The highest BCUT2D eigenvalue weighted by Gasteiger charge is 2.33. The van der Waals surface area contributed by atoms with Gasteiger partial charge in [-0.15, -0.1) is 13.2 Å². The Hall–Kier alpha value is -1.89. The third-order valence-corrected chi connectivity index (χ3v) is 7.31. The first-order valence-corrected chi connectivity index (χ1v) is 11.9. The van der Waals surface area contributed by atoms with Gasteiger partial charge in [0.25, 0.3) is 5.91 Å². The van der Waals surface area contributed by atoms with Gasteiger partial charge in [-0.25, -0.2) is 8.42 Å². The number of hydrogen-bond acceptors (Lipinski definition) is 6. The highest BCUT2D eigenvalue weighted by molar-refractivity contribution is 7.89. The summed E-state index contributed by atoms with van der Waals surface area (Å²) < 4.78 is 78.6. The molecule has 2 atom stereocenters. The number of hydrogen-bond donors (Lipinski definition) is 0. The van der Waals surface area contributed by atoms with E-state index in [1.54, 1.807) is 11.8 Å². The first kappa shape index (κ1) is 24.7. The van der Waals surface area contributed by atoms with Gasteiger partial charge >= 0.3 is 6.36 Å². The molecule has 8 nitrogen and oxygen atoms in total. The molecule has 2 unspecified atom stereocenters. The van der Waals surface area contributed by atoms with Crippen LogP contribution in [0.4, 0.5) is 13.2 Å². The molecule has 0 saturated carbocycles. The average Bonchev–Trinajstić information content (AvgIpc) is 2.77. The van der Waals surface area contributed by atoms with Crippen molar-refractivity contribution < 1.29 is 40.6 Å². The number of amides is 1. The number of ether oxygens (including phenoxy) is 3. The number of alkyl halides is 3. The molecule has 0 radical (unpaired) electrons. The highest BCUT2D eigenvalue weighted by atomic mass is 32.2. The lowest BCUT2D eigenvalue weighted by atomic mass is 10.1. The number of benzene rings is 1. The second kappa shape index (κ2) is 10.4. The van der Waals surface area contributed by atoms with Crippen LogP contribution in [-0.2, 0) is 24.3 Å². The molecule has 1 amide bonds. The van der Waals surface area contributed by atoms with Crippen LogP contribution in [0.5, 0.6) is 5.75 Å². The van der Waals surface area contributed by atoms with Gasteiger partial charge in [-0.05, 0) is 50.5 Å². The van der Waals surface area contributed by atoms with Gasteiger partial charge in [0.15, 0.2) is 0 Å². The van der Waals surface area contributed by atoms with Gasteiger partial charge in [0.05, 0.1) is 17.6 Å². The molecule has 0 N–H and O–H groups in total. The Morgan fingerprint density at radius 3 is 2.38 bits per heavy atom. The SMILES string of the molecule is CC(OCC1CCCCO1)C(=O)N1CCN(S(=O)(=O)c2ccc(OC(F)(F)F)cc2)CC1. The Morgan fingerprint density at radius 1 is 1.16 bits per heavy atom. The first-order chi connectivity index (χ1) is 15.1. The molecule has 2 fully saturated rings. The summed E-state index contributed by atoms with van der Waals surface area (Å²) in [5.41, 5.74) is 0. The number of carbonyl (C=O) groups is 1. The summed E-state index contributed by atoms with van der Waals surface area (Å²) in [6.07, 6.45) is -2.51. The lowest BCUT2D eigenvalue weighted by Gasteiger charge is -2.35. The van der Waals surface area contributed by atoms with Gasteiger partial charge in [0.2, 0.25) is 10.0 Å². The van der Waals surface area contributed by atoms with Crippen LogP contribution in [0, 0.1) is 0 Å². The Balaban J connectivity index is 1.50. The summed E-state index contributed by atoms with van der Waals surface area (Å²) in [5.74, 6) is -0.717. The molecule has 3 rings (SSSR count). The molecule has 2 aliphatic heterocycles. The van der Waals surface area contributed by atoms with E-state index < -0.39 is 28.2 Å². The molecule has 0 aromatic heterocycles. The molecule has 0 aliphatic carbocycles. The monoisotopic (exact) mass is 480 g/mol. The number of piperazine rings is 1. The van der Waals surface area contributed by atoms with Crippen molar-refractivity contribution in [2.75, 3.05) is 39.4 Å². The van der Waals surface area contributed by atoms with Crippen LogP contribution in [0.3, 0.4) is 0 Å². The Bertz CT molecular complexity index is 864. The second-order valence-corrected chi connectivity index (χ2v) is 9.65. The van der Waals surface area contributed by atoms with Gasteiger partial charge in [0, 0.05) is 32.8 Å². The molecular formula is C20H27F3N2O6S. The van der Waals surface area contributed by atoms with Crippen LogP contribution in [0.15, 0.2) is 29.2 Å². The number of carbonyl (C=O) groups excluding carboxylic acids is 1. The molecule has 2 heterocycles. The van der Waals surface area contributed by atoms with E-state index in [2.05, 4.69) is 4.74 Å². The van der Waals surface area contributed by atoms with Crippen molar-refractivity contribution in [3.8, 4) is 5.75 Å². The van der Waals surface area contributed by atoms with E-state index in [0.717, 1.165) is 43.5 Å². The summed E-state index contributed by atoms with van der Waals surface area (Å²) in [6, 6.07) is 4.04. The Morgan fingerprint density at radius 2 is 1.81 bits per heavy atom. The fourth-order valence-corrected chi connectivity index (χ4v) is 5.05. The fraction of sp³-hybridized carbons (Fsp3) is 0.650. The number of halogens is 3. The minimum Gasteiger partial charge on any atom is -0.406 e. The van der Waals surface area contributed by atoms with Crippen molar-refractivity contribution in [3.63, 3.8) is 0 Å². The number of nitrogens with zero attached hydrogens (tertiary/aromatic N) is 2. The van der Waals surface area contributed by atoms with Gasteiger partial charge in [-0.3, -0.25) is 4.79 Å². The summed E-state index contributed by atoms with van der Waals surface area (Å²) in [6.45, 7) is 3.25. The zero-order valence-electron chi connectivity index (χ0n) is 17.7. The van der Waals surface area contributed by atoms with E-state index in [4.69, 9.17) is 9.47 Å². The highest BCUT2D eigenvalue weighted by Crippen LogP contribution is 2.25. The van der Waals surface area contributed by atoms with Gasteiger partial charge in [-0.1, -0.05) is 0 Å².